The van der Waals surface area contributed by atoms with E-state index in [9.17, 15) is 4.39 Å². The molecular weight excluding hydrogens is 241 g/mol. The SMILES string of the molecule is C=C(c1ccc(F)cc1OC)C1CCN(CC)CC1. The van der Waals surface area contributed by atoms with E-state index in [1.54, 1.807) is 13.2 Å². The molecular formula is C16H22FNO. The van der Waals surface area contributed by atoms with Crippen LogP contribution in [0.1, 0.15) is 25.3 Å². The van der Waals surface area contributed by atoms with Crippen LogP contribution in [0.3, 0.4) is 0 Å². The highest BCUT2D eigenvalue weighted by molar-refractivity contribution is 5.70. The lowest BCUT2D eigenvalue weighted by Crippen LogP contribution is -2.33. The summed E-state index contributed by atoms with van der Waals surface area (Å²) in [6.45, 7) is 9.75. The van der Waals surface area contributed by atoms with Crippen molar-refractivity contribution in [1.82, 2.24) is 4.90 Å². The Morgan fingerprint density at radius 1 is 1.42 bits per heavy atom. The van der Waals surface area contributed by atoms with Crippen molar-refractivity contribution in [3.05, 3.63) is 36.2 Å². The quantitative estimate of drug-likeness (QED) is 0.823. The number of halogens is 1. The van der Waals surface area contributed by atoms with Crippen LogP contribution in [-0.2, 0) is 0 Å². The summed E-state index contributed by atoms with van der Waals surface area (Å²) in [5.74, 6) is 0.791. The van der Waals surface area contributed by atoms with Crippen LogP contribution in [0.2, 0.25) is 0 Å². The third kappa shape index (κ3) is 3.16. The fourth-order valence-corrected chi connectivity index (χ4v) is 2.75. The largest absolute Gasteiger partial charge is 0.496 e. The number of ether oxygens (including phenoxy) is 1. The molecule has 1 fully saturated rings. The normalized spacial score (nSPS) is 17.4. The van der Waals surface area contributed by atoms with E-state index in [0.29, 0.717) is 11.7 Å². The number of benzene rings is 1. The molecule has 1 aromatic rings. The van der Waals surface area contributed by atoms with Crippen LogP contribution in [0.15, 0.2) is 24.8 Å². The van der Waals surface area contributed by atoms with Crippen LogP contribution >= 0.6 is 0 Å². The first-order chi connectivity index (χ1) is 9.15. The van der Waals surface area contributed by atoms with E-state index in [2.05, 4.69) is 18.4 Å². The van der Waals surface area contributed by atoms with Gasteiger partial charge in [0.15, 0.2) is 0 Å². The van der Waals surface area contributed by atoms with Crippen molar-refractivity contribution in [2.75, 3.05) is 26.7 Å². The maximum atomic E-state index is 13.2. The summed E-state index contributed by atoms with van der Waals surface area (Å²) < 4.78 is 18.5. The van der Waals surface area contributed by atoms with E-state index >= 15 is 0 Å². The first kappa shape index (κ1) is 14.1. The molecule has 19 heavy (non-hydrogen) atoms. The summed E-state index contributed by atoms with van der Waals surface area (Å²) in [7, 11) is 1.57. The Balaban J connectivity index is 2.12. The minimum atomic E-state index is -0.269. The van der Waals surface area contributed by atoms with E-state index in [1.165, 1.54) is 12.1 Å². The predicted molar refractivity (Wildman–Crippen MR) is 76.8 cm³/mol. The van der Waals surface area contributed by atoms with Crippen LogP contribution in [0.25, 0.3) is 5.57 Å². The smallest absolute Gasteiger partial charge is 0.129 e. The molecule has 104 valence electrons. The number of piperidine rings is 1. The molecule has 1 aliphatic heterocycles. The molecule has 1 heterocycles. The lowest BCUT2D eigenvalue weighted by Gasteiger charge is -2.32. The Kier molecular flexibility index (Phi) is 4.59. The Hall–Kier alpha value is -1.35. The molecule has 1 aliphatic rings. The molecule has 0 amide bonds. The van der Waals surface area contributed by atoms with Crippen molar-refractivity contribution in [3.63, 3.8) is 0 Å². The number of hydrogen-bond donors (Lipinski definition) is 0. The van der Waals surface area contributed by atoms with E-state index < -0.39 is 0 Å². The van der Waals surface area contributed by atoms with Crippen molar-refractivity contribution >= 4 is 5.57 Å². The summed E-state index contributed by atoms with van der Waals surface area (Å²) in [6, 6.07) is 4.69. The van der Waals surface area contributed by atoms with Gasteiger partial charge in [0.2, 0.25) is 0 Å². The van der Waals surface area contributed by atoms with Crippen molar-refractivity contribution in [3.8, 4) is 5.75 Å². The van der Waals surface area contributed by atoms with Gasteiger partial charge in [-0.2, -0.15) is 0 Å². The van der Waals surface area contributed by atoms with Gasteiger partial charge in [-0.3, -0.25) is 0 Å². The number of hydrogen-bond acceptors (Lipinski definition) is 2. The topological polar surface area (TPSA) is 12.5 Å². The van der Waals surface area contributed by atoms with Crippen molar-refractivity contribution < 1.29 is 9.13 Å². The maximum Gasteiger partial charge on any atom is 0.129 e. The van der Waals surface area contributed by atoms with Crippen LogP contribution in [0, 0.1) is 11.7 Å². The van der Waals surface area contributed by atoms with E-state index in [4.69, 9.17) is 4.74 Å². The standard InChI is InChI=1S/C16H22FNO/c1-4-18-9-7-13(8-10-18)12(2)15-6-5-14(17)11-16(15)19-3/h5-6,11,13H,2,4,7-10H2,1,3H3. The van der Waals surface area contributed by atoms with Gasteiger partial charge in [0, 0.05) is 11.6 Å². The van der Waals surface area contributed by atoms with Gasteiger partial charge in [-0.05, 0) is 56.1 Å². The third-order valence-electron chi connectivity index (χ3n) is 4.04. The molecule has 2 rings (SSSR count). The second-order valence-electron chi connectivity index (χ2n) is 5.08. The van der Waals surface area contributed by atoms with E-state index in [-0.39, 0.29) is 5.82 Å². The Morgan fingerprint density at radius 2 is 2.11 bits per heavy atom. The van der Waals surface area contributed by atoms with Crippen LogP contribution in [0.5, 0.6) is 5.75 Å². The molecule has 0 N–H and O–H groups in total. The van der Waals surface area contributed by atoms with E-state index in [0.717, 1.165) is 43.6 Å². The minimum Gasteiger partial charge on any atom is -0.496 e. The van der Waals surface area contributed by atoms with Gasteiger partial charge in [-0.1, -0.05) is 13.5 Å². The first-order valence-electron chi connectivity index (χ1n) is 6.90. The van der Waals surface area contributed by atoms with E-state index in [1.807, 2.05) is 0 Å². The van der Waals surface area contributed by atoms with Gasteiger partial charge >= 0.3 is 0 Å². The highest BCUT2D eigenvalue weighted by Gasteiger charge is 2.22. The number of likely N-dealkylation sites (tertiary alicyclic amines) is 1. The Morgan fingerprint density at radius 3 is 2.68 bits per heavy atom. The molecule has 2 nitrogen and oxygen atoms in total. The lowest BCUT2D eigenvalue weighted by molar-refractivity contribution is 0.216. The zero-order valence-corrected chi connectivity index (χ0v) is 11.8. The third-order valence-corrected chi connectivity index (χ3v) is 4.04. The van der Waals surface area contributed by atoms with Crippen LogP contribution < -0.4 is 4.74 Å². The highest BCUT2D eigenvalue weighted by atomic mass is 19.1. The minimum absolute atomic E-state index is 0.269. The molecule has 0 saturated carbocycles. The van der Waals surface area contributed by atoms with Crippen molar-refractivity contribution in [2.24, 2.45) is 5.92 Å². The van der Waals surface area contributed by atoms with Gasteiger partial charge < -0.3 is 9.64 Å². The van der Waals surface area contributed by atoms with Gasteiger partial charge in [-0.25, -0.2) is 4.39 Å². The molecule has 0 aromatic heterocycles. The van der Waals surface area contributed by atoms with Crippen LogP contribution in [-0.4, -0.2) is 31.6 Å². The van der Waals surface area contributed by atoms with Crippen molar-refractivity contribution in [1.29, 1.82) is 0 Å². The van der Waals surface area contributed by atoms with Gasteiger partial charge in [0.1, 0.15) is 11.6 Å². The number of methoxy groups -OCH3 is 1. The van der Waals surface area contributed by atoms with Gasteiger partial charge in [-0.15, -0.1) is 0 Å². The summed E-state index contributed by atoms with van der Waals surface area (Å²) in [5.41, 5.74) is 2.02. The summed E-state index contributed by atoms with van der Waals surface area (Å²) >= 11 is 0. The Labute approximate surface area is 114 Å². The molecule has 1 aromatic carbocycles. The molecule has 0 aliphatic carbocycles. The van der Waals surface area contributed by atoms with Crippen molar-refractivity contribution in [2.45, 2.75) is 19.8 Å². The maximum absolute atomic E-state index is 13.2. The predicted octanol–water partition coefficient (Wildman–Crippen LogP) is 3.58. The molecule has 0 bridgehead atoms. The molecule has 0 spiro atoms. The Bertz CT molecular complexity index is 450. The average molecular weight is 263 g/mol. The summed E-state index contributed by atoms with van der Waals surface area (Å²) in [4.78, 5) is 2.45. The van der Waals surface area contributed by atoms with Crippen LogP contribution in [0.4, 0.5) is 4.39 Å². The second-order valence-corrected chi connectivity index (χ2v) is 5.08. The fourth-order valence-electron chi connectivity index (χ4n) is 2.75. The van der Waals surface area contributed by atoms with Gasteiger partial charge in [0.05, 0.1) is 7.11 Å². The summed E-state index contributed by atoms with van der Waals surface area (Å²) in [6.07, 6.45) is 2.24. The molecule has 0 atom stereocenters. The molecule has 0 unspecified atom stereocenters. The zero-order chi connectivity index (χ0) is 13.8. The average Bonchev–Trinajstić information content (AvgIpc) is 2.46. The monoisotopic (exact) mass is 263 g/mol. The highest BCUT2D eigenvalue weighted by Crippen LogP contribution is 2.35. The van der Waals surface area contributed by atoms with Gasteiger partial charge in [0.25, 0.3) is 0 Å². The lowest BCUT2D eigenvalue weighted by atomic mass is 9.86. The molecule has 3 heteroatoms. The number of allylic oxidation sites excluding steroid dienone is 1. The zero-order valence-electron chi connectivity index (χ0n) is 11.8. The second kappa shape index (κ2) is 6.20. The number of rotatable bonds is 4. The summed E-state index contributed by atoms with van der Waals surface area (Å²) in [5, 5.41) is 0. The number of nitrogens with zero attached hydrogens (tertiary/aromatic N) is 1. The molecule has 0 radical (unpaired) electrons. The fraction of sp³-hybridized carbons (Fsp3) is 0.500. The molecule has 1 saturated heterocycles. The first-order valence-corrected chi connectivity index (χ1v) is 6.90.